The largest absolute Gasteiger partial charge is 0.307 e. The highest BCUT2D eigenvalue weighted by Crippen LogP contribution is 2.16. The molecule has 1 rings (SSSR count). The van der Waals surface area contributed by atoms with Gasteiger partial charge in [-0.1, -0.05) is 24.3 Å². The van der Waals surface area contributed by atoms with Crippen LogP contribution in [0.15, 0.2) is 36.9 Å². The van der Waals surface area contributed by atoms with Gasteiger partial charge in [0.05, 0.1) is 0 Å². The SMILES string of the molecule is C=CCC(C)NC(C)c1ccccc1F. The summed E-state index contributed by atoms with van der Waals surface area (Å²) in [5, 5.41) is 3.33. The summed E-state index contributed by atoms with van der Waals surface area (Å²) >= 11 is 0. The van der Waals surface area contributed by atoms with Gasteiger partial charge in [0.15, 0.2) is 0 Å². The molecule has 0 spiro atoms. The fraction of sp³-hybridized carbons (Fsp3) is 0.385. The summed E-state index contributed by atoms with van der Waals surface area (Å²) in [4.78, 5) is 0. The van der Waals surface area contributed by atoms with Gasteiger partial charge in [-0.2, -0.15) is 0 Å². The van der Waals surface area contributed by atoms with Crippen molar-refractivity contribution < 1.29 is 4.39 Å². The number of hydrogen-bond acceptors (Lipinski definition) is 1. The number of benzene rings is 1. The molecule has 1 nitrogen and oxygen atoms in total. The summed E-state index contributed by atoms with van der Waals surface area (Å²) in [5.74, 6) is -0.150. The zero-order valence-electron chi connectivity index (χ0n) is 9.33. The average Bonchev–Trinajstić information content (AvgIpc) is 2.18. The van der Waals surface area contributed by atoms with Crippen LogP contribution in [0.2, 0.25) is 0 Å². The van der Waals surface area contributed by atoms with Gasteiger partial charge in [0.2, 0.25) is 0 Å². The van der Waals surface area contributed by atoms with E-state index in [1.807, 2.05) is 25.1 Å². The van der Waals surface area contributed by atoms with Crippen LogP contribution in [0, 0.1) is 5.82 Å². The number of nitrogens with one attached hydrogen (secondary N) is 1. The lowest BCUT2D eigenvalue weighted by atomic mass is 10.1. The van der Waals surface area contributed by atoms with Gasteiger partial charge < -0.3 is 5.32 Å². The normalized spacial score (nSPS) is 14.6. The molecule has 2 unspecified atom stereocenters. The van der Waals surface area contributed by atoms with Crippen molar-refractivity contribution in [2.75, 3.05) is 0 Å². The van der Waals surface area contributed by atoms with Crippen LogP contribution in [0.5, 0.6) is 0 Å². The zero-order valence-corrected chi connectivity index (χ0v) is 9.33. The Hall–Kier alpha value is -1.15. The second-order valence-corrected chi connectivity index (χ2v) is 3.84. The van der Waals surface area contributed by atoms with Crippen molar-refractivity contribution in [1.29, 1.82) is 0 Å². The lowest BCUT2D eigenvalue weighted by molar-refractivity contribution is 0.465. The van der Waals surface area contributed by atoms with E-state index in [4.69, 9.17) is 0 Å². The Morgan fingerprint density at radius 2 is 2.07 bits per heavy atom. The van der Waals surface area contributed by atoms with Crippen LogP contribution >= 0.6 is 0 Å². The molecule has 2 heteroatoms. The second kappa shape index (κ2) is 5.66. The maximum atomic E-state index is 13.4. The predicted molar refractivity (Wildman–Crippen MR) is 62.2 cm³/mol. The summed E-state index contributed by atoms with van der Waals surface area (Å²) in [7, 11) is 0. The monoisotopic (exact) mass is 207 g/mol. The minimum atomic E-state index is -0.150. The number of rotatable bonds is 5. The fourth-order valence-electron chi connectivity index (χ4n) is 1.66. The van der Waals surface area contributed by atoms with E-state index in [-0.39, 0.29) is 11.9 Å². The predicted octanol–water partition coefficient (Wildman–Crippen LogP) is 3.44. The molecule has 0 saturated carbocycles. The van der Waals surface area contributed by atoms with E-state index in [9.17, 15) is 4.39 Å². The molecule has 0 aliphatic rings. The Balaban J connectivity index is 2.64. The quantitative estimate of drug-likeness (QED) is 0.729. The molecule has 0 aliphatic heterocycles. The van der Waals surface area contributed by atoms with Gasteiger partial charge in [-0.25, -0.2) is 4.39 Å². The summed E-state index contributed by atoms with van der Waals surface area (Å²) in [5.41, 5.74) is 0.716. The van der Waals surface area contributed by atoms with E-state index in [1.54, 1.807) is 6.07 Å². The smallest absolute Gasteiger partial charge is 0.127 e. The van der Waals surface area contributed by atoms with Gasteiger partial charge in [-0.05, 0) is 26.3 Å². The molecule has 1 aromatic rings. The van der Waals surface area contributed by atoms with E-state index in [0.29, 0.717) is 11.6 Å². The molecule has 0 heterocycles. The standard InChI is InChI=1S/C13H18FN/c1-4-7-10(2)15-11(3)12-8-5-6-9-13(12)14/h4-6,8-11,15H,1,7H2,2-3H3. The highest BCUT2D eigenvalue weighted by Gasteiger charge is 2.11. The van der Waals surface area contributed by atoms with E-state index >= 15 is 0 Å². The van der Waals surface area contributed by atoms with Crippen molar-refractivity contribution in [2.45, 2.75) is 32.4 Å². The Morgan fingerprint density at radius 3 is 2.67 bits per heavy atom. The first kappa shape index (κ1) is 11.9. The Kier molecular flexibility index (Phi) is 4.50. The first-order valence-electron chi connectivity index (χ1n) is 5.26. The van der Waals surface area contributed by atoms with Crippen LogP contribution < -0.4 is 5.32 Å². The first-order valence-corrected chi connectivity index (χ1v) is 5.26. The Labute approximate surface area is 91.0 Å². The van der Waals surface area contributed by atoms with Crippen molar-refractivity contribution >= 4 is 0 Å². The number of halogens is 1. The molecular weight excluding hydrogens is 189 g/mol. The van der Waals surface area contributed by atoms with Gasteiger partial charge in [-0.15, -0.1) is 6.58 Å². The molecule has 1 N–H and O–H groups in total. The topological polar surface area (TPSA) is 12.0 Å². The molecule has 0 saturated heterocycles. The third kappa shape index (κ3) is 3.48. The lowest BCUT2D eigenvalue weighted by Crippen LogP contribution is -2.28. The second-order valence-electron chi connectivity index (χ2n) is 3.84. The lowest BCUT2D eigenvalue weighted by Gasteiger charge is -2.19. The Morgan fingerprint density at radius 1 is 1.40 bits per heavy atom. The van der Waals surface area contributed by atoms with Gasteiger partial charge >= 0.3 is 0 Å². The third-order valence-corrected chi connectivity index (χ3v) is 2.43. The minimum Gasteiger partial charge on any atom is -0.307 e. The van der Waals surface area contributed by atoms with E-state index in [0.717, 1.165) is 6.42 Å². The maximum Gasteiger partial charge on any atom is 0.127 e. The highest BCUT2D eigenvalue weighted by molar-refractivity contribution is 5.20. The third-order valence-electron chi connectivity index (χ3n) is 2.43. The zero-order chi connectivity index (χ0) is 11.3. The molecule has 0 amide bonds. The van der Waals surface area contributed by atoms with Crippen molar-refractivity contribution in [1.82, 2.24) is 5.32 Å². The van der Waals surface area contributed by atoms with Crippen LogP contribution in [0.1, 0.15) is 31.9 Å². The first-order chi connectivity index (χ1) is 7.15. The van der Waals surface area contributed by atoms with Crippen LogP contribution in [0.25, 0.3) is 0 Å². The van der Waals surface area contributed by atoms with Crippen LogP contribution in [0.3, 0.4) is 0 Å². The molecule has 82 valence electrons. The molecular formula is C13H18FN. The fourth-order valence-corrected chi connectivity index (χ4v) is 1.66. The molecule has 0 aliphatic carbocycles. The molecule has 2 atom stereocenters. The molecule has 0 radical (unpaired) electrons. The average molecular weight is 207 g/mol. The molecule has 0 aromatic heterocycles. The highest BCUT2D eigenvalue weighted by atomic mass is 19.1. The van der Waals surface area contributed by atoms with Gasteiger partial charge in [-0.3, -0.25) is 0 Å². The molecule has 15 heavy (non-hydrogen) atoms. The molecule has 1 aromatic carbocycles. The van der Waals surface area contributed by atoms with Crippen molar-refractivity contribution in [3.8, 4) is 0 Å². The summed E-state index contributed by atoms with van der Waals surface area (Å²) < 4.78 is 13.4. The van der Waals surface area contributed by atoms with E-state index < -0.39 is 0 Å². The van der Waals surface area contributed by atoms with Gasteiger partial charge in [0.1, 0.15) is 5.82 Å². The van der Waals surface area contributed by atoms with Gasteiger partial charge in [0, 0.05) is 17.6 Å². The Bertz CT molecular complexity index is 322. The summed E-state index contributed by atoms with van der Waals surface area (Å²) in [6.07, 6.45) is 2.75. The number of hydrogen-bond donors (Lipinski definition) is 1. The minimum absolute atomic E-state index is 0.0288. The van der Waals surface area contributed by atoms with Crippen LogP contribution in [-0.2, 0) is 0 Å². The van der Waals surface area contributed by atoms with Gasteiger partial charge in [0.25, 0.3) is 0 Å². The maximum absolute atomic E-state index is 13.4. The van der Waals surface area contributed by atoms with E-state index in [2.05, 4.69) is 18.8 Å². The summed E-state index contributed by atoms with van der Waals surface area (Å²) in [6, 6.07) is 7.21. The molecule has 0 fully saturated rings. The van der Waals surface area contributed by atoms with E-state index in [1.165, 1.54) is 6.07 Å². The van der Waals surface area contributed by atoms with Crippen LogP contribution in [-0.4, -0.2) is 6.04 Å². The molecule has 0 bridgehead atoms. The van der Waals surface area contributed by atoms with Crippen molar-refractivity contribution in [3.63, 3.8) is 0 Å². The van der Waals surface area contributed by atoms with Crippen LogP contribution in [0.4, 0.5) is 4.39 Å². The van der Waals surface area contributed by atoms with Crippen molar-refractivity contribution in [3.05, 3.63) is 48.3 Å². The summed E-state index contributed by atoms with van der Waals surface area (Å²) in [6.45, 7) is 7.72. The van der Waals surface area contributed by atoms with Crippen molar-refractivity contribution in [2.24, 2.45) is 0 Å².